The zero-order valence-corrected chi connectivity index (χ0v) is 16.6. The third kappa shape index (κ3) is 2.32. The van der Waals surface area contributed by atoms with Crippen molar-refractivity contribution in [2.75, 3.05) is 0 Å². The first-order valence-corrected chi connectivity index (χ1v) is 9.99. The van der Waals surface area contributed by atoms with E-state index in [0.717, 1.165) is 0 Å². The Morgan fingerprint density at radius 3 is 1.94 bits per heavy atom. The molecule has 1 spiro atoms. The van der Waals surface area contributed by atoms with Crippen LogP contribution in [0.1, 0.15) is 27.0 Å². The van der Waals surface area contributed by atoms with Gasteiger partial charge < -0.3 is 24.8 Å². The summed E-state index contributed by atoms with van der Waals surface area (Å²) in [6.07, 6.45) is 0. The van der Waals surface area contributed by atoms with E-state index in [9.17, 15) is 20.1 Å². The van der Waals surface area contributed by atoms with Crippen LogP contribution >= 0.6 is 0 Å². The fraction of sp³-hybridized carbons (Fsp3) is 0.0385. The Hall–Kier alpha value is -4.45. The van der Waals surface area contributed by atoms with Crippen molar-refractivity contribution in [2.45, 2.75) is 5.60 Å². The molecule has 156 valence electrons. The third-order valence-corrected chi connectivity index (χ3v) is 6.00. The zero-order valence-electron chi connectivity index (χ0n) is 16.6. The summed E-state index contributed by atoms with van der Waals surface area (Å²) in [5.74, 6) is 0.134. The number of phenolic OH excluding ortho intramolecular Hbond substituents is 3. The predicted molar refractivity (Wildman–Crippen MR) is 115 cm³/mol. The molecule has 4 aromatic carbocycles. The molecule has 6 nitrogen and oxygen atoms in total. The molecule has 0 saturated carbocycles. The van der Waals surface area contributed by atoms with Crippen molar-refractivity contribution in [1.82, 2.24) is 0 Å². The summed E-state index contributed by atoms with van der Waals surface area (Å²) in [7, 11) is 0. The van der Waals surface area contributed by atoms with Gasteiger partial charge >= 0.3 is 5.97 Å². The first-order chi connectivity index (χ1) is 15.5. The normalized spacial score (nSPS) is 14.8. The van der Waals surface area contributed by atoms with Gasteiger partial charge in [-0.15, -0.1) is 0 Å². The molecule has 3 N–H and O–H groups in total. The Morgan fingerprint density at radius 2 is 1.28 bits per heavy atom. The topological polar surface area (TPSA) is 96.2 Å². The van der Waals surface area contributed by atoms with Gasteiger partial charge in [0.25, 0.3) is 0 Å². The van der Waals surface area contributed by atoms with E-state index in [-0.39, 0.29) is 17.2 Å². The molecule has 0 saturated heterocycles. The van der Waals surface area contributed by atoms with E-state index in [1.54, 1.807) is 48.5 Å². The van der Waals surface area contributed by atoms with Crippen LogP contribution in [0.4, 0.5) is 0 Å². The first kappa shape index (κ1) is 18.3. The molecule has 2 heterocycles. The second kappa shape index (κ2) is 6.28. The fourth-order valence-electron chi connectivity index (χ4n) is 4.67. The number of fused-ring (bicyclic) bond motifs is 6. The molecule has 0 unspecified atom stereocenters. The van der Waals surface area contributed by atoms with E-state index < -0.39 is 11.6 Å². The van der Waals surface area contributed by atoms with Crippen LogP contribution in [-0.2, 0) is 10.3 Å². The van der Waals surface area contributed by atoms with Crippen molar-refractivity contribution in [1.29, 1.82) is 0 Å². The van der Waals surface area contributed by atoms with Crippen molar-refractivity contribution in [3.05, 3.63) is 101 Å². The highest BCUT2D eigenvalue weighted by Gasteiger charge is 2.54. The molecule has 0 bridgehead atoms. The van der Waals surface area contributed by atoms with Crippen LogP contribution in [0.3, 0.4) is 0 Å². The molecule has 0 aliphatic carbocycles. The van der Waals surface area contributed by atoms with Crippen molar-refractivity contribution in [3.63, 3.8) is 0 Å². The Labute approximate surface area is 182 Å². The molecule has 2 aliphatic heterocycles. The lowest BCUT2D eigenvalue weighted by Gasteiger charge is -2.36. The molecule has 0 aromatic heterocycles. The smallest absolute Gasteiger partial charge is 0.340 e. The van der Waals surface area contributed by atoms with Gasteiger partial charge in [-0.05, 0) is 30.3 Å². The van der Waals surface area contributed by atoms with Crippen molar-refractivity contribution >= 4 is 5.97 Å². The second-order valence-corrected chi connectivity index (χ2v) is 7.78. The maximum absolute atomic E-state index is 13.4. The summed E-state index contributed by atoms with van der Waals surface area (Å²) in [6.45, 7) is 0. The SMILES string of the molecule is O=C1OC2(c3ccc(O)cc3Oc3cc(O)ccc32)c2cccc(-c3ccccc3O)c21. The Kier molecular flexibility index (Phi) is 3.60. The number of hydrogen-bond acceptors (Lipinski definition) is 6. The van der Waals surface area contributed by atoms with Gasteiger partial charge in [-0.3, -0.25) is 0 Å². The lowest BCUT2D eigenvalue weighted by Crippen LogP contribution is -2.32. The maximum Gasteiger partial charge on any atom is 0.340 e. The molecule has 0 fully saturated rings. The Morgan fingerprint density at radius 1 is 0.656 bits per heavy atom. The number of carbonyl (C=O) groups excluding carboxylic acids is 1. The van der Waals surface area contributed by atoms with Crippen LogP contribution < -0.4 is 4.74 Å². The number of esters is 1. The highest BCUT2D eigenvalue weighted by Crippen LogP contribution is 2.58. The number of phenols is 3. The summed E-state index contributed by atoms with van der Waals surface area (Å²) >= 11 is 0. The fourth-order valence-corrected chi connectivity index (χ4v) is 4.67. The van der Waals surface area contributed by atoms with Gasteiger partial charge in [-0.1, -0.05) is 36.4 Å². The highest BCUT2D eigenvalue weighted by molar-refractivity contribution is 6.04. The largest absolute Gasteiger partial charge is 0.508 e. The summed E-state index contributed by atoms with van der Waals surface area (Å²) < 4.78 is 12.1. The molecule has 0 amide bonds. The standard InChI is InChI=1S/C26H16O6/c27-14-8-10-18-22(12-14)31-23-13-15(28)9-11-19(23)26(18)20-6-3-5-17(24(20)25(30)32-26)16-4-1-2-7-21(16)29/h1-13,27-29H. The molecular formula is C26H16O6. The summed E-state index contributed by atoms with van der Waals surface area (Å²) in [4.78, 5) is 13.4. The molecule has 4 aromatic rings. The molecular weight excluding hydrogens is 408 g/mol. The monoisotopic (exact) mass is 424 g/mol. The number of carbonyl (C=O) groups is 1. The summed E-state index contributed by atoms with van der Waals surface area (Å²) in [6, 6.07) is 21.4. The molecule has 0 atom stereocenters. The lowest BCUT2D eigenvalue weighted by atomic mass is 9.76. The van der Waals surface area contributed by atoms with E-state index >= 15 is 0 Å². The molecule has 32 heavy (non-hydrogen) atoms. The molecule has 6 heteroatoms. The number of aromatic hydroxyl groups is 3. The minimum absolute atomic E-state index is 0.00462. The summed E-state index contributed by atoms with van der Waals surface area (Å²) in [5, 5.41) is 30.5. The van der Waals surface area contributed by atoms with E-state index in [1.165, 1.54) is 24.3 Å². The maximum atomic E-state index is 13.4. The Balaban J connectivity index is 1.71. The summed E-state index contributed by atoms with van der Waals surface area (Å²) in [5.41, 5.74) is 1.76. The number of ether oxygens (including phenoxy) is 2. The number of benzene rings is 4. The average Bonchev–Trinajstić information content (AvgIpc) is 3.07. The van der Waals surface area contributed by atoms with E-state index in [1.807, 2.05) is 6.07 Å². The molecule has 6 rings (SSSR count). The van der Waals surface area contributed by atoms with Crippen LogP contribution in [0.5, 0.6) is 28.7 Å². The minimum Gasteiger partial charge on any atom is -0.508 e. The quantitative estimate of drug-likeness (QED) is 0.371. The Bertz CT molecular complexity index is 1390. The lowest BCUT2D eigenvalue weighted by molar-refractivity contribution is 0.0224. The third-order valence-electron chi connectivity index (χ3n) is 6.00. The van der Waals surface area contributed by atoms with Crippen LogP contribution in [-0.4, -0.2) is 21.3 Å². The molecule has 2 aliphatic rings. The van der Waals surface area contributed by atoms with Crippen molar-refractivity contribution < 1.29 is 29.6 Å². The minimum atomic E-state index is -1.34. The number of rotatable bonds is 1. The van der Waals surface area contributed by atoms with Gasteiger partial charge in [0.15, 0.2) is 5.60 Å². The zero-order chi connectivity index (χ0) is 22.0. The van der Waals surface area contributed by atoms with E-state index in [0.29, 0.717) is 44.9 Å². The van der Waals surface area contributed by atoms with Gasteiger partial charge in [0, 0.05) is 39.9 Å². The van der Waals surface area contributed by atoms with E-state index in [2.05, 4.69) is 0 Å². The average molecular weight is 424 g/mol. The first-order valence-electron chi connectivity index (χ1n) is 9.99. The van der Waals surface area contributed by atoms with Gasteiger partial charge in [0.1, 0.15) is 28.7 Å². The molecule has 0 radical (unpaired) electrons. The van der Waals surface area contributed by atoms with Gasteiger partial charge in [0.2, 0.25) is 0 Å². The van der Waals surface area contributed by atoms with Crippen molar-refractivity contribution in [3.8, 4) is 39.9 Å². The number of hydrogen-bond donors (Lipinski definition) is 3. The van der Waals surface area contributed by atoms with Crippen molar-refractivity contribution in [2.24, 2.45) is 0 Å². The predicted octanol–water partition coefficient (Wildman–Crippen LogP) is 5.04. The van der Waals surface area contributed by atoms with Crippen LogP contribution in [0, 0.1) is 0 Å². The van der Waals surface area contributed by atoms with E-state index in [4.69, 9.17) is 9.47 Å². The number of para-hydroxylation sites is 1. The highest BCUT2D eigenvalue weighted by atomic mass is 16.6. The van der Waals surface area contributed by atoms with Gasteiger partial charge in [-0.2, -0.15) is 0 Å². The van der Waals surface area contributed by atoms with Gasteiger partial charge in [0.05, 0.1) is 5.56 Å². The second-order valence-electron chi connectivity index (χ2n) is 7.78. The van der Waals surface area contributed by atoms with Crippen LogP contribution in [0.15, 0.2) is 78.9 Å². The van der Waals surface area contributed by atoms with Crippen LogP contribution in [0.2, 0.25) is 0 Å². The van der Waals surface area contributed by atoms with Gasteiger partial charge in [-0.25, -0.2) is 4.79 Å². The van der Waals surface area contributed by atoms with Crippen LogP contribution in [0.25, 0.3) is 11.1 Å².